The number of benzene rings is 1. The van der Waals surface area contributed by atoms with E-state index in [0.29, 0.717) is 18.1 Å². The van der Waals surface area contributed by atoms with E-state index in [1.165, 1.54) is 11.3 Å². The maximum atomic E-state index is 13.0. The summed E-state index contributed by atoms with van der Waals surface area (Å²) in [5, 5.41) is 3.38. The van der Waals surface area contributed by atoms with Gasteiger partial charge in [-0.05, 0) is 35.2 Å². The summed E-state index contributed by atoms with van der Waals surface area (Å²) in [6.45, 7) is 0.136. The highest BCUT2D eigenvalue weighted by atomic mass is 32.1. The number of thiophene rings is 1. The van der Waals surface area contributed by atoms with Crippen LogP contribution in [0.15, 0.2) is 53.8 Å². The van der Waals surface area contributed by atoms with E-state index in [-0.39, 0.29) is 12.4 Å². The molecule has 0 aliphatic carbocycles. The van der Waals surface area contributed by atoms with E-state index in [2.05, 4.69) is 5.43 Å². The maximum Gasteiger partial charge on any atom is 0.377 e. The summed E-state index contributed by atoms with van der Waals surface area (Å²) < 4.78 is 26.1. The molecule has 1 N–H and O–H groups in total. The quantitative estimate of drug-likeness (QED) is 0.633. The van der Waals surface area contributed by atoms with Crippen molar-refractivity contribution in [3.8, 4) is 11.5 Å². The van der Waals surface area contributed by atoms with Crippen molar-refractivity contribution < 1.29 is 33.3 Å². The standard InChI is InChI=1S/C22H22N2O7S/c1-27-17-6-5-14(10-18(17)28-2)16-11-15(20-4-3-9-32-20)23-24(16)21(25)13-31-22(26)19-12-29-7-8-30-19/h3-6,9-12,16,23H,7-8,13H2,1-2H3/t16-/m1/s1. The fraction of sp³-hybridized carbons (Fsp3) is 0.273. The van der Waals surface area contributed by atoms with E-state index >= 15 is 0 Å². The zero-order valence-electron chi connectivity index (χ0n) is 17.5. The Balaban J connectivity index is 1.54. The average Bonchev–Trinajstić information content (AvgIpc) is 3.52. The van der Waals surface area contributed by atoms with E-state index in [4.69, 9.17) is 23.7 Å². The molecule has 0 fully saturated rings. The second-order valence-electron chi connectivity index (χ2n) is 6.77. The summed E-state index contributed by atoms with van der Waals surface area (Å²) >= 11 is 1.55. The molecular weight excluding hydrogens is 436 g/mol. The molecule has 2 aliphatic rings. The highest BCUT2D eigenvalue weighted by molar-refractivity contribution is 7.11. The van der Waals surface area contributed by atoms with Crippen LogP contribution in [0.25, 0.3) is 5.70 Å². The van der Waals surface area contributed by atoms with Crippen molar-refractivity contribution in [2.24, 2.45) is 0 Å². The van der Waals surface area contributed by atoms with Crippen LogP contribution in [0.2, 0.25) is 0 Å². The molecule has 2 aliphatic heterocycles. The Morgan fingerprint density at radius 3 is 2.72 bits per heavy atom. The maximum absolute atomic E-state index is 13.0. The topological polar surface area (TPSA) is 95.6 Å². The lowest BCUT2D eigenvalue weighted by molar-refractivity contribution is -0.154. The van der Waals surface area contributed by atoms with Gasteiger partial charge < -0.3 is 23.7 Å². The van der Waals surface area contributed by atoms with Gasteiger partial charge in [0.15, 0.2) is 18.1 Å². The minimum atomic E-state index is -0.758. The lowest BCUT2D eigenvalue weighted by atomic mass is 10.0. The Labute approximate surface area is 188 Å². The largest absolute Gasteiger partial charge is 0.493 e. The van der Waals surface area contributed by atoms with Gasteiger partial charge in [-0.25, -0.2) is 9.80 Å². The number of esters is 1. The smallest absolute Gasteiger partial charge is 0.377 e. The molecule has 168 valence electrons. The Morgan fingerprint density at radius 1 is 1.19 bits per heavy atom. The van der Waals surface area contributed by atoms with Gasteiger partial charge in [0.2, 0.25) is 5.76 Å². The van der Waals surface area contributed by atoms with Gasteiger partial charge in [0, 0.05) is 0 Å². The number of ether oxygens (including phenoxy) is 5. The third kappa shape index (κ3) is 4.50. The molecule has 3 heterocycles. The Bertz CT molecular complexity index is 1050. The lowest BCUT2D eigenvalue weighted by Gasteiger charge is -2.26. The second kappa shape index (κ2) is 9.65. The van der Waals surface area contributed by atoms with Crippen molar-refractivity contribution in [3.63, 3.8) is 0 Å². The number of amides is 1. The van der Waals surface area contributed by atoms with Crippen LogP contribution >= 0.6 is 11.3 Å². The molecule has 1 aromatic heterocycles. The number of hydrogen-bond donors (Lipinski definition) is 1. The SMILES string of the molecule is COc1ccc([C@H]2C=C(c3cccs3)NN2C(=O)COC(=O)C2=COCCO2)cc1OC. The van der Waals surface area contributed by atoms with Crippen LogP contribution in [-0.2, 0) is 23.8 Å². The van der Waals surface area contributed by atoms with Gasteiger partial charge in [0.25, 0.3) is 5.91 Å². The first-order valence-electron chi connectivity index (χ1n) is 9.78. The van der Waals surface area contributed by atoms with E-state index in [1.807, 2.05) is 35.7 Å². The molecular formula is C22H22N2O7S. The molecule has 0 bridgehead atoms. The van der Waals surface area contributed by atoms with Crippen molar-refractivity contribution >= 4 is 28.9 Å². The molecule has 0 spiro atoms. The minimum Gasteiger partial charge on any atom is -0.493 e. The van der Waals surface area contributed by atoms with Gasteiger partial charge in [-0.3, -0.25) is 10.2 Å². The number of rotatable bonds is 7. The summed E-state index contributed by atoms with van der Waals surface area (Å²) in [6, 6.07) is 8.87. The Kier molecular flexibility index (Phi) is 6.50. The highest BCUT2D eigenvalue weighted by Crippen LogP contribution is 2.37. The number of nitrogens with zero attached hydrogens (tertiary/aromatic N) is 1. The normalized spacial score (nSPS) is 17.3. The van der Waals surface area contributed by atoms with Gasteiger partial charge in [-0.15, -0.1) is 11.3 Å². The van der Waals surface area contributed by atoms with E-state index < -0.39 is 24.5 Å². The lowest BCUT2D eigenvalue weighted by Crippen LogP contribution is -2.42. The summed E-state index contributed by atoms with van der Waals surface area (Å²) in [4.78, 5) is 26.1. The number of carbonyl (C=O) groups excluding carboxylic acids is 2. The number of nitrogens with one attached hydrogen (secondary N) is 1. The van der Waals surface area contributed by atoms with E-state index in [9.17, 15) is 9.59 Å². The summed E-state index contributed by atoms with van der Waals surface area (Å²) in [5.41, 5.74) is 4.72. The Hall–Kier alpha value is -3.66. The number of carbonyl (C=O) groups is 2. The average molecular weight is 458 g/mol. The van der Waals surface area contributed by atoms with Crippen LogP contribution in [-0.4, -0.2) is 50.9 Å². The molecule has 9 nitrogen and oxygen atoms in total. The predicted octanol–water partition coefficient (Wildman–Crippen LogP) is 2.63. The number of hydrogen-bond acceptors (Lipinski definition) is 9. The molecule has 1 aromatic carbocycles. The van der Waals surface area contributed by atoms with E-state index in [1.54, 1.807) is 31.6 Å². The fourth-order valence-corrected chi connectivity index (χ4v) is 3.98. The summed E-state index contributed by atoms with van der Waals surface area (Å²) in [6.07, 6.45) is 3.13. The van der Waals surface area contributed by atoms with Crippen LogP contribution < -0.4 is 14.9 Å². The van der Waals surface area contributed by atoms with E-state index in [0.717, 1.165) is 16.1 Å². The van der Waals surface area contributed by atoms with Crippen molar-refractivity contribution in [1.82, 2.24) is 10.4 Å². The fourth-order valence-electron chi connectivity index (χ4n) is 3.28. The Morgan fingerprint density at radius 2 is 2.03 bits per heavy atom. The monoisotopic (exact) mass is 458 g/mol. The van der Waals surface area contributed by atoms with Gasteiger partial charge in [0.1, 0.15) is 19.5 Å². The van der Waals surface area contributed by atoms with Crippen LogP contribution in [0.4, 0.5) is 0 Å². The van der Waals surface area contributed by atoms with Gasteiger partial charge in [0.05, 0.1) is 30.8 Å². The molecule has 10 heteroatoms. The molecule has 0 saturated heterocycles. The van der Waals surface area contributed by atoms with Crippen LogP contribution in [0.5, 0.6) is 11.5 Å². The first-order valence-corrected chi connectivity index (χ1v) is 10.7. The van der Waals surface area contributed by atoms with Gasteiger partial charge in [-0.1, -0.05) is 12.1 Å². The number of methoxy groups -OCH3 is 2. The van der Waals surface area contributed by atoms with Crippen molar-refractivity contribution in [2.45, 2.75) is 6.04 Å². The summed E-state index contributed by atoms with van der Waals surface area (Å²) in [7, 11) is 3.11. The summed E-state index contributed by atoms with van der Waals surface area (Å²) in [5.74, 6) is -0.125. The van der Waals surface area contributed by atoms with Crippen molar-refractivity contribution in [1.29, 1.82) is 0 Å². The zero-order valence-corrected chi connectivity index (χ0v) is 18.3. The molecule has 1 atom stereocenters. The van der Waals surface area contributed by atoms with Gasteiger partial charge in [-0.2, -0.15) is 0 Å². The third-order valence-electron chi connectivity index (χ3n) is 4.83. The molecule has 0 unspecified atom stereocenters. The third-order valence-corrected chi connectivity index (χ3v) is 5.73. The molecule has 32 heavy (non-hydrogen) atoms. The van der Waals surface area contributed by atoms with Crippen molar-refractivity contribution in [2.75, 3.05) is 34.0 Å². The first-order chi connectivity index (χ1) is 15.6. The van der Waals surface area contributed by atoms with Crippen molar-refractivity contribution in [3.05, 3.63) is 64.2 Å². The second-order valence-corrected chi connectivity index (χ2v) is 7.72. The van der Waals surface area contributed by atoms with Crippen LogP contribution in [0, 0.1) is 0 Å². The molecule has 4 rings (SSSR count). The minimum absolute atomic E-state index is 0.0627. The predicted molar refractivity (Wildman–Crippen MR) is 116 cm³/mol. The molecule has 0 saturated carbocycles. The van der Waals surface area contributed by atoms with Gasteiger partial charge >= 0.3 is 5.97 Å². The first kappa shape index (κ1) is 21.6. The van der Waals surface area contributed by atoms with Crippen LogP contribution in [0.1, 0.15) is 16.5 Å². The number of hydrazine groups is 1. The highest BCUT2D eigenvalue weighted by Gasteiger charge is 2.32. The molecule has 0 radical (unpaired) electrons. The van der Waals surface area contributed by atoms with Crippen LogP contribution in [0.3, 0.4) is 0 Å². The molecule has 1 amide bonds. The molecule has 2 aromatic rings. The zero-order chi connectivity index (χ0) is 22.5.